The summed E-state index contributed by atoms with van der Waals surface area (Å²) in [5, 5.41) is 10.3. The van der Waals surface area contributed by atoms with Gasteiger partial charge in [0.1, 0.15) is 17.3 Å². The fourth-order valence-corrected chi connectivity index (χ4v) is 3.19. The van der Waals surface area contributed by atoms with E-state index in [2.05, 4.69) is 53.7 Å². The first kappa shape index (κ1) is 11.2. The van der Waals surface area contributed by atoms with Crippen LogP contribution >= 0.6 is 0 Å². The van der Waals surface area contributed by atoms with Gasteiger partial charge in [0.25, 0.3) is 0 Å². The van der Waals surface area contributed by atoms with Crippen LogP contribution in [0.15, 0.2) is 36.5 Å². The average molecular weight is 260 g/mol. The van der Waals surface area contributed by atoms with Gasteiger partial charge >= 0.3 is 0 Å². The molecular weight excluding hydrogens is 246 g/mol. The summed E-state index contributed by atoms with van der Waals surface area (Å²) in [6.45, 7) is 5.18. The van der Waals surface area contributed by atoms with Gasteiger partial charge in [0.2, 0.25) is 6.20 Å². The molecule has 2 aromatic carbocycles. The lowest BCUT2D eigenvalue weighted by Gasteiger charge is -2.04. The van der Waals surface area contributed by atoms with Gasteiger partial charge in [-0.2, -0.15) is 5.26 Å². The van der Waals surface area contributed by atoms with Gasteiger partial charge in [0.15, 0.2) is 6.54 Å². The molecule has 0 amide bonds. The van der Waals surface area contributed by atoms with E-state index in [0.29, 0.717) is 0 Å². The average Bonchev–Trinajstić information content (AvgIpc) is 2.99. The molecule has 3 heteroatoms. The van der Waals surface area contributed by atoms with Crippen LogP contribution in [-0.4, -0.2) is 4.68 Å². The molecule has 2 heterocycles. The van der Waals surface area contributed by atoms with Gasteiger partial charge in [-0.15, -0.1) is 9.36 Å². The normalized spacial score (nSPS) is 12.2. The fourth-order valence-electron chi connectivity index (χ4n) is 3.19. The van der Waals surface area contributed by atoms with Gasteiger partial charge in [0, 0.05) is 0 Å². The molecule has 1 aromatic heterocycles. The summed E-state index contributed by atoms with van der Waals surface area (Å²) in [6, 6.07) is 12.6. The standard InChI is InChI=1S/C17H14N3/c1-11-6-7-12(2)17-14(11)9-19-10-15-13(8-18)4-3-5-16(15)20(17)19/h3-7,10H,9H2,1-2H3/q+1. The van der Waals surface area contributed by atoms with Crippen LogP contribution in [0.1, 0.15) is 22.3 Å². The van der Waals surface area contributed by atoms with Gasteiger partial charge < -0.3 is 0 Å². The highest BCUT2D eigenvalue weighted by molar-refractivity contribution is 5.85. The minimum atomic E-state index is 0.740. The first-order chi connectivity index (χ1) is 9.70. The second-order valence-electron chi connectivity index (χ2n) is 5.42. The Hall–Kier alpha value is -2.60. The largest absolute Gasteiger partial charge is 0.205 e. The number of aryl methyl sites for hydroxylation is 2. The van der Waals surface area contributed by atoms with E-state index in [1.54, 1.807) is 0 Å². The first-order valence-corrected chi connectivity index (χ1v) is 6.74. The van der Waals surface area contributed by atoms with E-state index in [0.717, 1.165) is 23.0 Å². The third kappa shape index (κ3) is 1.26. The molecule has 3 aromatic rings. The van der Waals surface area contributed by atoms with Crippen LogP contribution in [0.3, 0.4) is 0 Å². The topological polar surface area (TPSA) is 32.6 Å². The lowest BCUT2D eigenvalue weighted by atomic mass is 10.0. The maximum absolute atomic E-state index is 9.25. The molecule has 0 spiro atoms. The lowest BCUT2D eigenvalue weighted by Crippen LogP contribution is -2.36. The zero-order valence-electron chi connectivity index (χ0n) is 11.5. The van der Waals surface area contributed by atoms with Crippen LogP contribution in [0.5, 0.6) is 0 Å². The van der Waals surface area contributed by atoms with Crippen LogP contribution in [0.2, 0.25) is 0 Å². The van der Waals surface area contributed by atoms with Crippen molar-refractivity contribution in [2.45, 2.75) is 20.4 Å². The van der Waals surface area contributed by atoms with Gasteiger partial charge in [-0.3, -0.25) is 0 Å². The van der Waals surface area contributed by atoms with E-state index in [-0.39, 0.29) is 0 Å². The highest BCUT2D eigenvalue weighted by Gasteiger charge is 2.31. The summed E-state index contributed by atoms with van der Waals surface area (Å²) in [4.78, 5) is 0. The molecule has 3 nitrogen and oxygen atoms in total. The van der Waals surface area contributed by atoms with Crippen molar-refractivity contribution in [1.82, 2.24) is 4.68 Å². The van der Waals surface area contributed by atoms with Crippen molar-refractivity contribution < 1.29 is 4.68 Å². The summed E-state index contributed by atoms with van der Waals surface area (Å²) in [5.41, 5.74) is 7.10. The Morgan fingerprint density at radius 2 is 1.95 bits per heavy atom. The Bertz CT molecular complexity index is 910. The van der Waals surface area contributed by atoms with E-state index in [1.807, 2.05) is 12.1 Å². The number of fused-ring (bicyclic) bond motifs is 5. The summed E-state index contributed by atoms with van der Waals surface area (Å²) in [6.07, 6.45) is 2.09. The Balaban J connectivity index is 2.15. The van der Waals surface area contributed by atoms with Crippen LogP contribution < -0.4 is 4.68 Å². The Morgan fingerprint density at radius 3 is 2.75 bits per heavy atom. The molecule has 0 saturated heterocycles. The van der Waals surface area contributed by atoms with Gasteiger partial charge in [-0.1, -0.05) is 18.2 Å². The Labute approximate surface area is 117 Å². The molecule has 1 aliphatic heterocycles. The van der Waals surface area contributed by atoms with E-state index in [1.165, 1.54) is 22.4 Å². The SMILES string of the molecule is Cc1ccc(C)c2c1C[n+]1cc3c(C#N)cccc3n1-2. The highest BCUT2D eigenvalue weighted by Crippen LogP contribution is 2.30. The molecule has 0 bridgehead atoms. The zero-order chi connectivity index (χ0) is 13.9. The van der Waals surface area contributed by atoms with Crippen LogP contribution in [-0.2, 0) is 6.54 Å². The zero-order valence-corrected chi connectivity index (χ0v) is 11.5. The minimum Gasteiger partial charge on any atom is -0.192 e. The van der Waals surface area contributed by atoms with Crippen molar-refractivity contribution >= 4 is 10.9 Å². The van der Waals surface area contributed by atoms with Crippen LogP contribution in [0.25, 0.3) is 16.6 Å². The maximum atomic E-state index is 9.25. The Kier molecular flexibility index (Phi) is 2.08. The molecule has 20 heavy (non-hydrogen) atoms. The third-order valence-electron chi connectivity index (χ3n) is 4.22. The molecule has 0 atom stereocenters. The number of hydrogen-bond donors (Lipinski definition) is 0. The smallest absolute Gasteiger partial charge is 0.192 e. The van der Waals surface area contributed by atoms with Crippen molar-refractivity contribution in [2.75, 3.05) is 0 Å². The summed E-state index contributed by atoms with van der Waals surface area (Å²) >= 11 is 0. The maximum Gasteiger partial charge on any atom is 0.205 e. The molecule has 0 saturated carbocycles. The van der Waals surface area contributed by atoms with E-state index in [9.17, 15) is 5.26 Å². The number of hydrogen-bond acceptors (Lipinski definition) is 1. The van der Waals surface area contributed by atoms with E-state index >= 15 is 0 Å². The van der Waals surface area contributed by atoms with Gasteiger partial charge in [-0.05, 0) is 37.1 Å². The van der Waals surface area contributed by atoms with Crippen LogP contribution in [0, 0.1) is 25.2 Å². The molecular formula is C17H14N3+. The molecule has 0 fully saturated rings. The lowest BCUT2D eigenvalue weighted by molar-refractivity contribution is -0.749. The van der Waals surface area contributed by atoms with Crippen LogP contribution in [0.4, 0.5) is 0 Å². The number of nitrogens with zero attached hydrogens (tertiary/aromatic N) is 3. The van der Waals surface area contributed by atoms with Gasteiger partial charge in [-0.25, -0.2) is 0 Å². The number of rotatable bonds is 0. The summed E-state index contributed by atoms with van der Waals surface area (Å²) in [5.74, 6) is 0. The molecule has 0 aliphatic carbocycles. The second-order valence-corrected chi connectivity index (χ2v) is 5.42. The van der Waals surface area contributed by atoms with E-state index < -0.39 is 0 Å². The molecule has 96 valence electrons. The summed E-state index contributed by atoms with van der Waals surface area (Å²) < 4.78 is 4.45. The fraction of sp³-hybridized carbons (Fsp3) is 0.176. The number of nitriles is 1. The monoisotopic (exact) mass is 260 g/mol. The predicted octanol–water partition coefficient (Wildman–Crippen LogP) is 2.77. The first-order valence-electron chi connectivity index (χ1n) is 6.74. The van der Waals surface area contributed by atoms with Crippen molar-refractivity contribution in [3.05, 3.63) is 58.8 Å². The Morgan fingerprint density at radius 1 is 1.15 bits per heavy atom. The second kappa shape index (κ2) is 3.71. The van der Waals surface area contributed by atoms with Crippen molar-refractivity contribution in [3.63, 3.8) is 0 Å². The minimum absolute atomic E-state index is 0.740. The number of benzene rings is 2. The highest BCUT2D eigenvalue weighted by atomic mass is 15.4. The molecule has 0 radical (unpaired) electrons. The van der Waals surface area contributed by atoms with Crippen molar-refractivity contribution in [2.24, 2.45) is 0 Å². The third-order valence-corrected chi connectivity index (χ3v) is 4.22. The van der Waals surface area contributed by atoms with Crippen molar-refractivity contribution in [1.29, 1.82) is 5.26 Å². The number of aromatic nitrogens is 2. The molecule has 0 N–H and O–H groups in total. The molecule has 1 aliphatic rings. The molecule has 4 rings (SSSR count). The van der Waals surface area contributed by atoms with Gasteiger partial charge in [0.05, 0.1) is 16.5 Å². The quantitative estimate of drug-likeness (QED) is 0.447. The van der Waals surface area contributed by atoms with Crippen molar-refractivity contribution in [3.8, 4) is 11.8 Å². The van der Waals surface area contributed by atoms with E-state index in [4.69, 9.17) is 0 Å². The predicted molar refractivity (Wildman–Crippen MR) is 76.8 cm³/mol. The molecule has 0 unspecified atom stereocenters. The summed E-state index contributed by atoms with van der Waals surface area (Å²) in [7, 11) is 0.